The van der Waals surface area contributed by atoms with E-state index in [9.17, 15) is 23.5 Å². The summed E-state index contributed by atoms with van der Waals surface area (Å²) in [6, 6.07) is 9.45. The first kappa shape index (κ1) is 28.0. The Kier molecular flexibility index (Phi) is 11.7. The Morgan fingerprint density at radius 3 is 2.62 bits per heavy atom. The van der Waals surface area contributed by atoms with Crippen molar-refractivity contribution in [3.05, 3.63) is 48.0 Å². The van der Waals surface area contributed by atoms with Crippen LogP contribution in [0.2, 0.25) is 0 Å². The maximum atomic E-state index is 14.1. The molecule has 1 saturated heterocycles. The number of nitrogens with zero attached hydrogens (tertiary/aromatic N) is 1. The minimum Gasteiger partial charge on any atom is -0.389 e. The summed E-state index contributed by atoms with van der Waals surface area (Å²) in [6.45, 7) is 4.69. The van der Waals surface area contributed by atoms with E-state index < -0.39 is 30.4 Å². The average molecular weight is 479 g/mol. The van der Waals surface area contributed by atoms with E-state index in [1.165, 1.54) is 10.5 Å². The molecule has 0 aromatic heterocycles. The van der Waals surface area contributed by atoms with Crippen LogP contribution in [0.3, 0.4) is 0 Å². The number of halogens is 2. The van der Waals surface area contributed by atoms with Crippen molar-refractivity contribution in [3.8, 4) is 0 Å². The van der Waals surface area contributed by atoms with E-state index in [1.807, 2.05) is 32.0 Å². The second-order valence-corrected chi connectivity index (χ2v) is 9.32. The number of hydrogen-bond acceptors (Lipinski definition) is 3. The van der Waals surface area contributed by atoms with Crippen LogP contribution in [0, 0.1) is 5.92 Å². The standard InChI is InChI=1S/C27H40F2N2O3/c1-3-30-25(33)16-9-4-5-10-19-31-23(20-27(28,29)26(31)34)17-18-24(32)21(2)12-11-15-22-13-7-6-8-14-22/h6-8,13-14,17-18,21,23-24,32H,3-5,9-12,15-16,19-20H2,1-2H3,(H,30,33)/t21-,23?,24+/m0/s1. The summed E-state index contributed by atoms with van der Waals surface area (Å²) in [5.74, 6) is -4.47. The molecule has 7 heteroatoms. The largest absolute Gasteiger partial charge is 0.389 e. The highest BCUT2D eigenvalue weighted by atomic mass is 19.3. The Hall–Kier alpha value is -2.28. The summed E-state index contributed by atoms with van der Waals surface area (Å²) in [4.78, 5) is 24.9. The molecule has 3 atom stereocenters. The van der Waals surface area contributed by atoms with E-state index in [4.69, 9.17) is 0 Å². The van der Waals surface area contributed by atoms with Gasteiger partial charge in [-0.1, -0.05) is 62.2 Å². The highest BCUT2D eigenvalue weighted by molar-refractivity contribution is 5.86. The molecule has 2 N–H and O–H groups in total. The summed E-state index contributed by atoms with van der Waals surface area (Å²) < 4.78 is 28.2. The predicted octanol–water partition coefficient (Wildman–Crippen LogP) is 4.89. The fraction of sp³-hybridized carbons (Fsp3) is 0.630. The number of carbonyl (C=O) groups is 2. The summed E-state index contributed by atoms with van der Waals surface area (Å²) >= 11 is 0. The Morgan fingerprint density at radius 2 is 1.91 bits per heavy atom. The van der Waals surface area contributed by atoms with Gasteiger partial charge in [0.2, 0.25) is 5.91 Å². The van der Waals surface area contributed by atoms with E-state index in [2.05, 4.69) is 17.4 Å². The Morgan fingerprint density at radius 1 is 1.21 bits per heavy atom. The monoisotopic (exact) mass is 478 g/mol. The summed E-state index contributed by atoms with van der Waals surface area (Å²) in [5, 5.41) is 13.3. The zero-order valence-electron chi connectivity index (χ0n) is 20.5. The maximum Gasteiger partial charge on any atom is 0.327 e. The Balaban J connectivity index is 1.78. The molecule has 0 bridgehead atoms. The van der Waals surface area contributed by atoms with E-state index in [-0.39, 0.29) is 18.4 Å². The van der Waals surface area contributed by atoms with Gasteiger partial charge in [-0.25, -0.2) is 0 Å². The van der Waals surface area contributed by atoms with Gasteiger partial charge in [-0.2, -0.15) is 8.78 Å². The molecule has 1 unspecified atom stereocenters. The molecule has 1 heterocycles. The van der Waals surface area contributed by atoms with E-state index >= 15 is 0 Å². The molecule has 1 aliphatic heterocycles. The van der Waals surface area contributed by atoms with Crippen molar-refractivity contribution in [1.29, 1.82) is 0 Å². The average Bonchev–Trinajstić information content (AvgIpc) is 3.03. The molecule has 34 heavy (non-hydrogen) atoms. The number of likely N-dealkylation sites (tertiary alicyclic amines) is 1. The van der Waals surface area contributed by atoms with Gasteiger partial charge in [-0.05, 0) is 50.5 Å². The predicted molar refractivity (Wildman–Crippen MR) is 131 cm³/mol. The molecular formula is C27H40F2N2O3. The molecule has 190 valence electrons. The third-order valence-corrected chi connectivity index (χ3v) is 6.45. The molecule has 1 fully saturated rings. The molecule has 0 radical (unpaired) electrons. The number of amides is 2. The maximum absolute atomic E-state index is 14.1. The fourth-order valence-electron chi connectivity index (χ4n) is 4.34. The first-order valence-corrected chi connectivity index (χ1v) is 12.6. The first-order chi connectivity index (χ1) is 16.2. The number of carbonyl (C=O) groups excluding carboxylic acids is 2. The van der Waals surface area contributed by atoms with Crippen LogP contribution in [0.25, 0.3) is 0 Å². The van der Waals surface area contributed by atoms with E-state index in [1.54, 1.807) is 12.2 Å². The molecule has 2 amide bonds. The Bertz CT molecular complexity index is 785. The number of benzene rings is 1. The van der Waals surface area contributed by atoms with Crippen molar-refractivity contribution in [1.82, 2.24) is 10.2 Å². The zero-order valence-corrected chi connectivity index (χ0v) is 20.5. The van der Waals surface area contributed by atoms with Crippen molar-refractivity contribution < 1.29 is 23.5 Å². The van der Waals surface area contributed by atoms with Crippen molar-refractivity contribution in [3.63, 3.8) is 0 Å². The third-order valence-electron chi connectivity index (χ3n) is 6.45. The number of aliphatic hydroxyl groups excluding tert-OH is 1. The lowest BCUT2D eigenvalue weighted by Gasteiger charge is -2.22. The smallest absolute Gasteiger partial charge is 0.327 e. The van der Waals surface area contributed by atoms with Crippen LogP contribution in [0.4, 0.5) is 8.78 Å². The van der Waals surface area contributed by atoms with Crippen molar-refractivity contribution in [2.24, 2.45) is 5.92 Å². The molecular weight excluding hydrogens is 438 g/mol. The lowest BCUT2D eigenvalue weighted by molar-refractivity contribution is -0.148. The summed E-state index contributed by atoms with van der Waals surface area (Å²) in [7, 11) is 0. The molecule has 0 saturated carbocycles. The fourth-order valence-corrected chi connectivity index (χ4v) is 4.34. The second-order valence-electron chi connectivity index (χ2n) is 9.32. The highest BCUT2D eigenvalue weighted by Crippen LogP contribution is 2.34. The van der Waals surface area contributed by atoms with Crippen LogP contribution in [0.5, 0.6) is 0 Å². The van der Waals surface area contributed by atoms with Gasteiger partial charge < -0.3 is 15.3 Å². The van der Waals surface area contributed by atoms with Crippen LogP contribution >= 0.6 is 0 Å². The van der Waals surface area contributed by atoms with Crippen molar-refractivity contribution in [2.45, 2.75) is 89.7 Å². The van der Waals surface area contributed by atoms with Gasteiger partial charge in [0.15, 0.2) is 0 Å². The van der Waals surface area contributed by atoms with Crippen LogP contribution in [0.1, 0.15) is 70.8 Å². The van der Waals surface area contributed by atoms with Gasteiger partial charge in [0, 0.05) is 25.9 Å². The molecule has 0 aliphatic carbocycles. The van der Waals surface area contributed by atoms with Crippen LogP contribution in [-0.2, 0) is 16.0 Å². The van der Waals surface area contributed by atoms with Gasteiger partial charge >= 0.3 is 5.92 Å². The van der Waals surface area contributed by atoms with Crippen molar-refractivity contribution >= 4 is 11.8 Å². The molecule has 2 rings (SSSR count). The van der Waals surface area contributed by atoms with Crippen LogP contribution < -0.4 is 5.32 Å². The van der Waals surface area contributed by atoms with Gasteiger partial charge in [-0.15, -0.1) is 0 Å². The second kappa shape index (κ2) is 14.2. The minimum atomic E-state index is -3.36. The minimum absolute atomic E-state index is 0.00376. The summed E-state index contributed by atoms with van der Waals surface area (Å²) in [5.41, 5.74) is 1.26. The molecule has 5 nitrogen and oxygen atoms in total. The van der Waals surface area contributed by atoms with Crippen LogP contribution in [-0.4, -0.2) is 53.0 Å². The molecule has 0 spiro atoms. The number of rotatable bonds is 15. The topological polar surface area (TPSA) is 69.6 Å². The number of alkyl halides is 2. The lowest BCUT2D eigenvalue weighted by atomic mass is 9.95. The van der Waals surface area contributed by atoms with E-state index in [0.717, 1.165) is 38.5 Å². The number of unbranched alkanes of at least 4 members (excludes halogenated alkanes) is 3. The van der Waals surface area contributed by atoms with Gasteiger partial charge in [-0.3, -0.25) is 9.59 Å². The molecule has 1 aliphatic rings. The highest BCUT2D eigenvalue weighted by Gasteiger charge is 2.52. The SMILES string of the molecule is CCNC(=O)CCCCCCN1C(=O)C(F)(F)CC1C=C[C@@H](O)[C@@H](C)CCCc1ccccc1. The lowest BCUT2D eigenvalue weighted by Crippen LogP contribution is -2.36. The van der Waals surface area contributed by atoms with Crippen LogP contribution in [0.15, 0.2) is 42.5 Å². The van der Waals surface area contributed by atoms with Crippen molar-refractivity contribution in [2.75, 3.05) is 13.1 Å². The summed E-state index contributed by atoms with van der Waals surface area (Å²) in [6.07, 6.45) is 7.95. The zero-order chi connectivity index (χ0) is 25.0. The normalized spacial score (nSPS) is 19.5. The Labute approximate surface area is 202 Å². The van der Waals surface area contributed by atoms with E-state index in [0.29, 0.717) is 19.4 Å². The molecule has 1 aromatic carbocycles. The van der Waals surface area contributed by atoms with Gasteiger partial charge in [0.25, 0.3) is 5.91 Å². The molecule has 1 aromatic rings. The number of nitrogens with one attached hydrogen (secondary N) is 1. The van der Waals surface area contributed by atoms with Gasteiger partial charge in [0.1, 0.15) is 0 Å². The first-order valence-electron chi connectivity index (χ1n) is 12.6. The third kappa shape index (κ3) is 9.16. The van der Waals surface area contributed by atoms with Gasteiger partial charge in [0.05, 0.1) is 12.1 Å². The number of aliphatic hydroxyl groups is 1. The number of hydrogen-bond donors (Lipinski definition) is 2. The quantitative estimate of drug-likeness (QED) is 0.279. The number of aryl methyl sites for hydroxylation is 1.